The van der Waals surface area contributed by atoms with Crippen LogP contribution in [-0.2, 0) is 16.1 Å². The number of allylic oxidation sites excluding steroid dienone is 1. The van der Waals surface area contributed by atoms with Gasteiger partial charge in [0, 0.05) is 17.8 Å². The Labute approximate surface area is 214 Å². The molecule has 36 heavy (non-hydrogen) atoms. The van der Waals surface area contributed by atoms with Gasteiger partial charge in [-0.1, -0.05) is 41.6 Å². The summed E-state index contributed by atoms with van der Waals surface area (Å²) in [5.74, 6) is -0.296. The molecule has 0 saturated heterocycles. The van der Waals surface area contributed by atoms with Crippen LogP contribution in [0.4, 0.5) is 5.69 Å². The van der Waals surface area contributed by atoms with Crippen LogP contribution in [0.2, 0.25) is 0 Å². The minimum absolute atomic E-state index is 0.0724. The minimum atomic E-state index is -0.448. The number of carbonyl (C=O) groups excluding carboxylic acids is 3. The zero-order chi connectivity index (χ0) is 26.1. The number of benzene rings is 2. The molecule has 0 saturated carbocycles. The van der Waals surface area contributed by atoms with E-state index in [9.17, 15) is 14.4 Å². The predicted octanol–water partition coefficient (Wildman–Crippen LogP) is 4.17. The quantitative estimate of drug-likeness (QED) is 0.227. The molecule has 0 aliphatic heterocycles. The maximum absolute atomic E-state index is 12.7. The molecule has 3 rings (SSSR count). The van der Waals surface area contributed by atoms with Crippen LogP contribution >= 0.6 is 11.8 Å². The first-order valence-electron chi connectivity index (χ1n) is 11.4. The third-order valence-electron chi connectivity index (χ3n) is 5.06. The van der Waals surface area contributed by atoms with Gasteiger partial charge in [0.25, 0.3) is 5.91 Å². The molecule has 1 aromatic heterocycles. The molecule has 0 bridgehead atoms. The lowest BCUT2D eigenvalue weighted by Gasteiger charge is -2.15. The van der Waals surface area contributed by atoms with E-state index in [1.807, 2.05) is 36.6 Å². The SMILES string of the molecule is C=CCn1c(SCC(=O)Nc2cccc(C(=O)OCC)c2)nnc1[C@H](C)NC(=O)c1cccc(C)c1. The van der Waals surface area contributed by atoms with Crippen LogP contribution < -0.4 is 10.6 Å². The monoisotopic (exact) mass is 507 g/mol. The number of rotatable bonds is 11. The molecule has 3 aromatic rings. The van der Waals surface area contributed by atoms with Crippen molar-refractivity contribution in [1.29, 1.82) is 0 Å². The molecular formula is C26H29N5O4S. The van der Waals surface area contributed by atoms with Crippen molar-refractivity contribution in [1.82, 2.24) is 20.1 Å². The van der Waals surface area contributed by atoms with E-state index in [1.165, 1.54) is 11.8 Å². The highest BCUT2D eigenvalue weighted by atomic mass is 32.2. The minimum Gasteiger partial charge on any atom is -0.462 e. The van der Waals surface area contributed by atoms with Gasteiger partial charge in [0.05, 0.1) is 24.0 Å². The lowest BCUT2D eigenvalue weighted by Crippen LogP contribution is -2.29. The lowest BCUT2D eigenvalue weighted by atomic mass is 10.1. The van der Waals surface area contributed by atoms with E-state index >= 15 is 0 Å². The number of ether oxygens (including phenoxy) is 1. The van der Waals surface area contributed by atoms with Crippen molar-refractivity contribution in [2.75, 3.05) is 17.7 Å². The second-order valence-electron chi connectivity index (χ2n) is 7.94. The first kappa shape index (κ1) is 26.7. The number of hydrogen-bond donors (Lipinski definition) is 2. The Morgan fingerprint density at radius 2 is 1.89 bits per heavy atom. The van der Waals surface area contributed by atoms with Gasteiger partial charge < -0.3 is 19.9 Å². The molecule has 0 fully saturated rings. The molecule has 1 atom stereocenters. The number of esters is 1. The van der Waals surface area contributed by atoms with Crippen LogP contribution in [0.5, 0.6) is 0 Å². The highest BCUT2D eigenvalue weighted by Gasteiger charge is 2.20. The second kappa shape index (κ2) is 12.7. The molecule has 2 aromatic carbocycles. The van der Waals surface area contributed by atoms with Crippen molar-refractivity contribution in [2.45, 2.75) is 38.5 Å². The van der Waals surface area contributed by atoms with Crippen molar-refractivity contribution in [3.63, 3.8) is 0 Å². The Balaban J connectivity index is 1.64. The van der Waals surface area contributed by atoms with Crippen molar-refractivity contribution in [2.24, 2.45) is 0 Å². The Hall–Kier alpha value is -3.92. The summed E-state index contributed by atoms with van der Waals surface area (Å²) in [6.07, 6.45) is 1.70. The summed E-state index contributed by atoms with van der Waals surface area (Å²) in [7, 11) is 0. The van der Waals surface area contributed by atoms with Gasteiger partial charge in [0.1, 0.15) is 0 Å². The number of aryl methyl sites for hydroxylation is 1. The van der Waals surface area contributed by atoms with Crippen molar-refractivity contribution in [3.8, 4) is 0 Å². The Bertz CT molecular complexity index is 1260. The van der Waals surface area contributed by atoms with E-state index in [0.717, 1.165) is 5.56 Å². The molecule has 0 aliphatic rings. The second-order valence-corrected chi connectivity index (χ2v) is 8.89. The zero-order valence-electron chi connectivity index (χ0n) is 20.5. The maximum atomic E-state index is 12.7. The van der Waals surface area contributed by atoms with Crippen molar-refractivity contribution >= 4 is 35.2 Å². The average molecular weight is 508 g/mol. The van der Waals surface area contributed by atoms with Crippen LogP contribution in [0.3, 0.4) is 0 Å². The van der Waals surface area contributed by atoms with Crippen LogP contribution in [0.1, 0.15) is 52.0 Å². The number of thioether (sulfide) groups is 1. The molecule has 188 valence electrons. The first-order valence-corrected chi connectivity index (χ1v) is 12.4. The Morgan fingerprint density at radius 1 is 1.14 bits per heavy atom. The topological polar surface area (TPSA) is 115 Å². The molecular weight excluding hydrogens is 478 g/mol. The van der Waals surface area contributed by atoms with Gasteiger partial charge in [-0.05, 0) is 51.1 Å². The molecule has 0 radical (unpaired) electrons. The van der Waals surface area contributed by atoms with E-state index < -0.39 is 12.0 Å². The van der Waals surface area contributed by atoms with Gasteiger partial charge in [-0.3, -0.25) is 9.59 Å². The number of nitrogens with one attached hydrogen (secondary N) is 2. The number of amides is 2. The van der Waals surface area contributed by atoms with E-state index in [-0.39, 0.29) is 24.2 Å². The number of carbonyl (C=O) groups is 3. The fraction of sp³-hybridized carbons (Fsp3) is 0.269. The summed E-state index contributed by atoms with van der Waals surface area (Å²) in [5.41, 5.74) is 2.41. The lowest BCUT2D eigenvalue weighted by molar-refractivity contribution is -0.113. The molecule has 0 spiro atoms. The highest BCUT2D eigenvalue weighted by molar-refractivity contribution is 7.99. The van der Waals surface area contributed by atoms with Crippen molar-refractivity contribution in [3.05, 3.63) is 83.7 Å². The molecule has 10 heteroatoms. The summed E-state index contributed by atoms with van der Waals surface area (Å²) in [6, 6.07) is 13.5. The third kappa shape index (κ3) is 7.05. The maximum Gasteiger partial charge on any atom is 0.338 e. The predicted molar refractivity (Wildman–Crippen MR) is 139 cm³/mol. The molecule has 2 N–H and O–H groups in total. The van der Waals surface area contributed by atoms with Gasteiger partial charge in [-0.15, -0.1) is 16.8 Å². The zero-order valence-corrected chi connectivity index (χ0v) is 21.3. The largest absolute Gasteiger partial charge is 0.462 e. The van der Waals surface area contributed by atoms with Crippen LogP contribution in [0.15, 0.2) is 66.3 Å². The number of anilines is 1. The highest BCUT2D eigenvalue weighted by Crippen LogP contribution is 2.22. The summed E-state index contributed by atoms with van der Waals surface area (Å²) in [6.45, 7) is 9.97. The molecule has 0 aliphatic carbocycles. The van der Waals surface area contributed by atoms with E-state index in [2.05, 4.69) is 27.4 Å². The van der Waals surface area contributed by atoms with E-state index in [1.54, 1.807) is 43.3 Å². The Morgan fingerprint density at radius 3 is 2.61 bits per heavy atom. The number of hydrogen-bond acceptors (Lipinski definition) is 7. The van der Waals surface area contributed by atoms with Gasteiger partial charge in [-0.25, -0.2) is 4.79 Å². The van der Waals surface area contributed by atoms with Gasteiger partial charge in [0.2, 0.25) is 5.91 Å². The molecule has 1 heterocycles. The van der Waals surface area contributed by atoms with Gasteiger partial charge >= 0.3 is 5.97 Å². The Kier molecular flexibility index (Phi) is 9.40. The van der Waals surface area contributed by atoms with Gasteiger partial charge in [-0.2, -0.15) is 0 Å². The number of nitrogens with zero attached hydrogens (tertiary/aromatic N) is 3. The standard InChI is InChI=1S/C26H29N5O4S/c1-5-13-31-23(18(4)27-24(33)19-10-7-9-17(3)14-19)29-30-26(31)36-16-22(32)28-21-12-8-11-20(15-21)25(34)35-6-2/h5,7-12,14-15,18H,1,6,13,16H2,2-4H3,(H,27,33)(H,28,32)/t18-/m0/s1. The average Bonchev–Trinajstić information content (AvgIpc) is 3.26. The number of aromatic nitrogens is 3. The smallest absolute Gasteiger partial charge is 0.338 e. The molecule has 9 nitrogen and oxygen atoms in total. The van der Waals surface area contributed by atoms with Crippen LogP contribution in [-0.4, -0.2) is 44.9 Å². The fourth-order valence-corrected chi connectivity index (χ4v) is 4.18. The fourth-order valence-electron chi connectivity index (χ4n) is 3.42. The summed E-state index contributed by atoms with van der Waals surface area (Å²) in [4.78, 5) is 37.1. The van der Waals surface area contributed by atoms with Crippen molar-refractivity contribution < 1.29 is 19.1 Å². The molecule has 2 amide bonds. The summed E-state index contributed by atoms with van der Waals surface area (Å²) < 4.78 is 6.81. The van der Waals surface area contributed by atoms with Crippen LogP contribution in [0, 0.1) is 6.92 Å². The van der Waals surface area contributed by atoms with Crippen LogP contribution in [0.25, 0.3) is 0 Å². The molecule has 0 unspecified atom stereocenters. The summed E-state index contributed by atoms with van der Waals surface area (Å²) >= 11 is 1.21. The van der Waals surface area contributed by atoms with E-state index in [4.69, 9.17) is 4.74 Å². The third-order valence-corrected chi connectivity index (χ3v) is 6.03. The summed E-state index contributed by atoms with van der Waals surface area (Å²) in [5, 5.41) is 14.7. The van der Waals surface area contributed by atoms with Gasteiger partial charge in [0.15, 0.2) is 11.0 Å². The van der Waals surface area contributed by atoms with E-state index in [0.29, 0.717) is 34.3 Å². The first-order chi connectivity index (χ1) is 17.3. The normalized spacial score (nSPS) is 11.4.